The maximum Gasteiger partial charge on any atom is 0.119 e. The lowest BCUT2D eigenvalue weighted by Gasteiger charge is -2.07. The lowest BCUT2D eigenvalue weighted by atomic mass is 10.1. The molecule has 0 saturated heterocycles. The second-order valence-corrected chi connectivity index (χ2v) is 5.63. The van der Waals surface area contributed by atoms with E-state index in [1.54, 1.807) is 0 Å². The van der Waals surface area contributed by atoms with Crippen LogP contribution in [0.15, 0.2) is 65.3 Å². The van der Waals surface area contributed by atoms with Crippen LogP contribution in [0.25, 0.3) is 0 Å². The number of benzene rings is 2. The lowest BCUT2D eigenvalue weighted by Crippen LogP contribution is -1.95. The molecule has 0 atom stereocenters. The summed E-state index contributed by atoms with van der Waals surface area (Å²) in [6, 6.07) is 18.3. The summed E-state index contributed by atoms with van der Waals surface area (Å²) in [5.74, 6) is 0.878. The van der Waals surface area contributed by atoms with E-state index in [-0.39, 0.29) is 0 Å². The lowest BCUT2D eigenvalue weighted by molar-refractivity contribution is 0.306. The SMILES string of the molecule is Brc1c[nH]nc1Cc1ccc(OCc2ccccc2)cc1. The molecule has 0 aliphatic heterocycles. The number of halogens is 1. The average Bonchev–Trinajstić information content (AvgIpc) is 2.93. The third-order valence-corrected chi connectivity index (χ3v) is 3.90. The smallest absolute Gasteiger partial charge is 0.119 e. The fourth-order valence-electron chi connectivity index (χ4n) is 2.07. The van der Waals surface area contributed by atoms with E-state index in [1.165, 1.54) is 11.1 Å². The highest BCUT2D eigenvalue weighted by Crippen LogP contribution is 2.19. The summed E-state index contributed by atoms with van der Waals surface area (Å²) in [5, 5.41) is 7.05. The molecule has 3 nitrogen and oxygen atoms in total. The monoisotopic (exact) mass is 342 g/mol. The van der Waals surface area contributed by atoms with Gasteiger partial charge in [0.25, 0.3) is 0 Å². The molecule has 21 heavy (non-hydrogen) atoms. The Labute approximate surface area is 132 Å². The number of H-pyrrole nitrogens is 1. The van der Waals surface area contributed by atoms with E-state index < -0.39 is 0 Å². The Morgan fingerprint density at radius 1 is 0.952 bits per heavy atom. The number of rotatable bonds is 5. The molecule has 0 aliphatic rings. The maximum atomic E-state index is 5.77. The van der Waals surface area contributed by atoms with Gasteiger partial charge < -0.3 is 4.74 Å². The van der Waals surface area contributed by atoms with Crippen molar-refractivity contribution in [1.82, 2.24) is 10.2 Å². The van der Waals surface area contributed by atoms with Crippen molar-refractivity contribution in [2.24, 2.45) is 0 Å². The molecule has 4 heteroatoms. The van der Waals surface area contributed by atoms with Gasteiger partial charge in [0, 0.05) is 12.6 Å². The van der Waals surface area contributed by atoms with E-state index in [4.69, 9.17) is 4.74 Å². The average molecular weight is 343 g/mol. The highest BCUT2D eigenvalue weighted by Gasteiger charge is 2.04. The minimum atomic E-state index is 0.588. The molecule has 3 aromatic rings. The quantitative estimate of drug-likeness (QED) is 0.748. The minimum absolute atomic E-state index is 0.588. The van der Waals surface area contributed by atoms with Gasteiger partial charge in [0.1, 0.15) is 12.4 Å². The van der Waals surface area contributed by atoms with E-state index in [9.17, 15) is 0 Å². The molecular weight excluding hydrogens is 328 g/mol. The molecular formula is C17H15BrN2O. The second-order valence-electron chi connectivity index (χ2n) is 4.77. The zero-order chi connectivity index (χ0) is 14.5. The summed E-state index contributed by atoms with van der Waals surface area (Å²) in [7, 11) is 0. The molecule has 0 fully saturated rings. The second kappa shape index (κ2) is 6.59. The van der Waals surface area contributed by atoms with Crippen molar-refractivity contribution in [3.05, 3.63) is 82.1 Å². The third kappa shape index (κ3) is 3.73. The van der Waals surface area contributed by atoms with Gasteiger partial charge in [0.15, 0.2) is 0 Å². The summed E-state index contributed by atoms with van der Waals surface area (Å²) in [6.45, 7) is 0.588. The van der Waals surface area contributed by atoms with Crippen LogP contribution in [0.1, 0.15) is 16.8 Å². The van der Waals surface area contributed by atoms with Crippen molar-refractivity contribution < 1.29 is 4.74 Å². The molecule has 0 amide bonds. The molecule has 0 unspecified atom stereocenters. The van der Waals surface area contributed by atoms with E-state index in [0.717, 1.165) is 22.3 Å². The first-order valence-corrected chi connectivity index (χ1v) is 7.54. The molecule has 0 aliphatic carbocycles. The molecule has 0 spiro atoms. The van der Waals surface area contributed by atoms with Crippen LogP contribution in [0.2, 0.25) is 0 Å². The molecule has 0 radical (unpaired) electrons. The van der Waals surface area contributed by atoms with Gasteiger partial charge in [-0.1, -0.05) is 42.5 Å². The molecule has 1 N–H and O–H groups in total. The fourth-order valence-corrected chi connectivity index (χ4v) is 2.40. The van der Waals surface area contributed by atoms with Crippen LogP contribution in [0.5, 0.6) is 5.75 Å². The van der Waals surface area contributed by atoms with Crippen molar-refractivity contribution in [2.75, 3.05) is 0 Å². The third-order valence-electron chi connectivity index (χ3n) is 3.21. The van der Waals surface area contributed by atoms with Crippen molar-refractivity contribution in [3.63, 3.8) is 0 Å². The normalized spacial score (nSPS) is 10.5. The number of nitrogens with one attached hydrogen (secondary N) is 1. The Hall–Kier alpha value is -2.07. The topological polar surface area (TPSA) is 37.9 Å². The Morgan fingerprint density at radius 3 is 2.38 bits per heavy atom. The number of aromatic nitrogens is 2. The van der Waals surface area contributed by atoms with Crippen molar-refractivity contribution >= 4 is 15.9 Å². The minimum Gasteiger partial charge on any atom is -0.489 e. The van der Waals surface area contributed by atoms with Crippen LogP contribution in [0.4, 0.5) is 0 Å². The van der Waals surface area contributed by atoms with Crippen molar-refractivity contribution in [1.29, 1.82) is 0 Å². The molecule has 2 aromatic carbocycles. The molecule has 1 aromatic heterocycles. The first-order chi connectivity index (χ1) is 10.3. The first kappa shape index (κ1) is 13.9. The van der Waals surface area contributed by atoms with Crippen LogP contribution in [-0.4, -0.2) is 10.2 Å². The predicted octanol–water partition coefficient (Wildman–Crippen LogP) is 4.34. The van der Waals surface area contributed by atoms with Crippen LogP contribution in [0, 0.1) is 0 Å². The maximum absolute atomic E-state index is 5.77. The standard InChI is InChI=1S/C17H15BrN2O/c18-16-11-19-20-17(16)10-13-6-8-15(9-7-13)21-12-14-4-2-1-3-5-14/h1-9,11H,10,12H2,(H,19,20). The van der Waals surface area contributed by atoms with Crippen LogP contribution >= 0.6 is 15.9 Å². The number of ether oxygens (including phenoxy) is 1. The summed E-state index contributed by atoms with van der Waals surface area (Å²) < 4.78 is 6.78. The fraction of sp³-hybridized carbons (Fsp3) is 0.118. The number of hydrogen-bond donors (Lipinski definition) is 1. The Balaban J connectivity index is 1.60. The van der Waals surface area contributed by atoms with Crippen LogP contribution < -0.4 is 4.74 Å². The Morgan fingerprint density at radius 2 is 1.71 bits per heavy atom. The van der Waals surface area contributed by atoms with Gasteiger partial charge in [-0.05, 0) is 39.2 Å². The summed E-state index contributed by atoms with van der Waals surface area (Å²) in [4.78, 5) is 0. The molecule has 3 rings (SSSR count). The Bertz CT molecular complexity index is 692. The number of nitrogens with zero attached hydrogens (tertiary/aromatic N) is 1. The van der Waals surface area contributed by atoms with E-state index in [1.807, 2.05) is 36.5 Å². The van der Waals surface area contributed by atoms with E-state index >= 15 is 0 Å². The van der Waals surface area contributed by atoms with Gasteiger partial charge in [0.05, 0.1) is 10.2 Å². The van der Waals surface area contributed by atoms with Crippen molar-refractivity contribution in [3.8, 4) is 5.75 Å². The van der Waals surface area contributed by atoms with Gasteiger partial charge in [-0.25, -0.2) is 0 Å². The van der Waals surface area contributed by atoms with E-state index in [0.29, 0.717) is 6.61 Å². The largest absolute Gasteiger partial charge is 0.489 e. The van der Waals surface area contributed by atoms with E-state index in [2.05, 4.69) is 50.4 Å². The first-order valence-electron chi connectivity index (χ1n) is 6.75. The van der Waals surface area contributed by atoms with Gasteiger partial charge in [-0.2, -0.15) is 5.10 Å². The summed E-state index contributed by atoms with van der Waals surface area (Å²) in [5.41, 5.74) is 3.38. The highest BCUT2D eigenvalue weighted by molar-refractivity contribution is 9.10. The zero-order valence-electron chi connectivity index (χ0n) is 11.4. The van der Waals surface area contributed by atoms with Crippen LogP contribution in [0.3, 0.4) is 0 Å². The van der Waals surface area contributed by atoms with Gasteiger partial charge >= 0.3 is 0 Å². The molecule has 1 heterocycles. The molecule has 106 valence electrons. The number of aromatic amines is 1. The molecule has 0 saturated carbocycles. The Kier molecular flexibility index (Phi) is 4.36. The highest BCUT2D eigenvalue weighted by atomic mass is 79.9. The van der Waals surface area contributed by atoms with Gasteiger partial charge in [-0.15, -0.1) is 0 Å². The summed E-state index contributed by atoms with van der Waals surface area (Å²) in [6.07, 6.45) is 2.63. The van der Waals surface area contributed by atoms with Gasteiger partial charge in [-0.3, -0.25) is 5.10 Å². The van der Waals surface area contributed by atoms with Crippen molar-refractivity contribution in [2.45, 2.75) is 13.0 Å². The zero-order valence-corrected chi connectivity index (χ0v) is 13.0. The number of hydrogen-bond acceptors (Lipinski definition) is 2. The van der Waals surface area contributed by atoms with Gasteiger partial charge in [0.2, 0.25) is 0 Å². The molecule has 0 bridgehead atoms. The van der Waals surface area contributed by atoms with Crippen LogP contribution in [-0.2, 0) is 13.0 Å². The predicted molar refractivity (Wildman–Crippen MR) is 86.3 cm³/mol. The summed E-state index contributed by atoms with van der Waals surface area (Å²) >= 11 is 3.47.